The maximum atomic E-state index is 5.43. The van der Waals surface area contributed by atoms with Crippen LogP contribution in [0.5, 0.6) is 5.75 Å². The number of ether oxygens (including phenoxy) is 1. The fourth-order valence-corrected chi connectivity index (χ4v) is 2.55. The van der Waals surface area contributed by atoms with Gasteiger partial charge in [0.05, 0.1) is 18.5 Å². The summed E-state index contributed by atoms with van der Waals surface area (Å²) in [5.41, 5.74) is 3.70. The number of rotatable bonds is 3. The van der Waals surface area contributed by atoms with Gasteiger partial charge >= 0.3 is 0 Å². The molecule has 0 bridgehead atoms. The van der Waals surface area contributed by atoms with Crippen LogP contribution in [0.1, 0.15) is 5.56 Å². The molecule has 3 heteroatoms. The first-order valence-electron chi connectivity index (χ1n) is 6.58. The molecule has 1 aliphatic heterocycles. The number of nitrogens with one attached hydrogen (secondary N) is 1. The van der Waals surface area contributed by atoms with Crippen LogP contribution in [0, 0.1) is 0 Å². The Balaban J connectivity index is 1.88. The molecule has 2 aromatic carbocycles. The average molecular weight is 254 g/mol. The molecule has 0 spiro atoms. The summed E-state index contributed by atoms with van der Waals surface area (Å²) in [5, 5.41) is 3.43. The van der Waals surface area contributed by atoms with Crippen molar-refractivity contribution in [3.8, 4) is 5.75 Å². The van der Waals surface area contributed by atoms with Crippen LogP contribution in [-0.4, -0.2) is 20.2 Å². The average Bonchev–Trinajstić information content (AvgIpc) is 2.48. The molecule has 0 aliphatic carbocycles. The maximum Gasteiger partial charge on any atom is 0.123 e. The first kappa shape index (κ1) is 11.9. The number of para-hydroxylation sites is 3. The Hall–Kier alpha value is -2.16. The first-order valence-corrected chi connectivity index (χ1v) is 6.58. The Morgan fingerprint density at radius 2 is 1.89 bits per heavy atom. The summed E-state index contributed by atoms with van der Waals surface area (Å²) in [7, 11) is 1.73. The molecule has 19 heavy (non-hydrogen) atoms. The molecule has 98 valence electrons. The Kier molecular flexibility index (Phi) is 3.27. The van der Waals surface area contributed by atoms with Crippen molar-refractivity contribution < 1.29 is 4.74 Å². The van der Waals surface area contributed by atoms with E-state index in [1.165, 1.54) is 16.9 Å². The maximum absolute atomic E-state index is 5.43. The van der Waals surface area contributed by atoms with Gasteiger partial charge in [0.1, 0.15) is 5.75 Å². The van der Waals surface area contributed by atoms with Gasteiger partial charge in [-0.2, -0.15) is 0 Å². The molecule has 2 aromatic rings. The van der Waals surface area contributed by atoms with Crippen LogP contribution in [0.2, 0.25) is 0 Å². The molecule has 1 aliphatic rings. The lowest BCUT2D eigenvalue weighted by Crippen LogP contribution is -2.33. The molecule has 3 rings (SSSR count). The smallest absolute Gasteiger partial charge is 0.123 e. The fraction of sp³-hybridized carbons (Fsp3) is 0.250. The molecule has 0 amide bonds. The molecular formula is C16H18N2O. The summed E-state index contributed by atoms with van der Waals surface area (Å²) in [4.78, 5) is 2.39. The van der Waals surface area contributed by atoms with Crippen LogP contribution in [-0.2, 0) is 6.54 Å². The Morgan fingerprint density at radius 1 is 1.11 bits per heavy atom. The normalized spacial score (nSPS) is 13.6. The van der Waals surface area contributed by atoms with Crippen LogP contribution in [0.25, 0.3) is 0 Å². The van der Waals surface area contributed by atoms with Gasteiger partial charge in [-0.25, -0.2) is 0 Å². The van der Waals surface area contributed by atoms with Crippen LogP contribution in [0.3, 0.4) is 0 Å². The molecule has 0 saturated heterocycles. The van der Waals surface area contributed by atoms with E-state index in [2.05, 4.69) is 46.6 Å². The van der Waals surface area contributed by atoms with Crippen LogP contribution in [0.15, 0.2) is 48.5 Å². The minimum atomic E-state index is 0.878. The van der Waals surface area contributed by atoms with E-state index in [1.807, 2.05) is 12.1 Å². The van der Waals surface area contributed by atoms with Gasteiger partial charge in [0.25, 0.3) is 0 Å². The molecule has 0 fully saturated rings. The third-order valence-electron chi connectivity index (χ3n) is 3.50. The minimum Gasteiger partial charge on any atom is -0.496 e. The fourth-order valence-electron chi connectivity index (χ4n) is 2.55. The van der Waals surface area contributed by atoms with Gasteiger partial charge in [0.2, 0.25) is 0 Å². The van der Waals surface area contributed by atoms with Crippen molar-refractivity contribution >= 4 is 11.4 Å². The zero-order valence-corrected chi connectivity index (χ0v) is 11.1. The number of benzene rings is 2. The number of anilines is 2. The summed E-state index contributed by atoms with van der Waals surface area (Å²) >= 11 is 0. The van der Waals surface area contributed by atoms with E-state index in [9.17, 15) is 0 Å². The SMILES string of the molecule is COc1ccccc1CN1CCNc2ccccc21. The highest BCUT2D eigenvalue weighted by Gasteiger charge is 2.16. The molecule has 0 saturated carbocycles. The summed E-state index contributed by atoms with van der Waals surface area (Å²) in [6.45, 7) is 2.87. The van der Waals surface area contributed by atoms with Crippen molar-refractivity contribution in [2.45, 2.75) is 6.54 Å². The quantitative estimate of drug-likeness (QED) is 0.910. The van der Waals surface area contributed by atoms with E-state index >= 15 is 0 Å². The standard InChI is InChI=1S/C16H18N2O/c1-19-16-9-5-2-6-13(16)12-18-11-10-17-14-7-3-4-8-15(14)18/h2-9,17H,10-12H2,1H3. The van der Waals surface area contributed by atoms with Crippen LogP contribution < -0.4 is 15.0 Å². The minimum absolute atomic E-state index is 0.878. The van der Waals surface area contributed by atoms with Gasteiger partial charge < -0.3 is 15.0 Å². The van der Waals surface area contributed by atoms with Crippen molar-refractivity contribution in [2.75, 3.05) is 30.4 Å². The first-order chi connectivity index (χ1) is 9.38. The van der Waals surface area contributed by atoms with Gasteiger partial charge in [-0.3, -0.25) is 0 Å². The van der Waals surface area contributed by atoms with Gasteiger partial charge in [-0.05, 0) is 18.2 Å². The summed E-state index contributed by atoms with van der Waals surface area (Å²) in [6, 6.07) is 16.7. The lowest BCUT2D eigenvalue weighted by atomic mass is 10.1. The predicted molar refractivity (Wildman–Crippen MR) is 79.0 cm³/mol. The van der Waals surface area contributed by atoms with Gasteiger partial charge in [0, 0.05) is 25.2 Å². The second-order valence-electron chi connectivity index (χ2n) is 4.68. The number of hydrogen-bond acceptors (Lipinski definition) is 3. The van der Waals surface area contributed by atoms with E-state index in [0.29, 0.717) is 0 Å². The van der Waals surface area contributed by atoms with Crippen molar-refractivity contribution in [3.05, 3.63) is 54.1 Å². The molecule has 1 N–H and O–H groups in total. The van der Waals surface area contributed by atoms with E-state index < -0.39 is 0 Å². The number of hydrogen-bond donors (Lipinski definition) is 1. The highest BCUT2D eigenvalue weighted by molar-refractivity contribution is 5.72. The van der Waals surface area contributed by atoms with Crippen LogP contribution in [0.4, 0.5) is 11.4 Å². The summed E-state index contributed by atoms with van der Waals surface area (Å²) in [5.74, 6) is 0.957. The highest BCUT2D eigenvalue weighted by Crippen LogP contribution is 2.31. The Bertz CT molecular complexity index is 568. The van der Waals surface area contributed by atoms with Crippen molar-refractivity contribution in [1.82, 2.24) is 0 Å². The van der Waals surface area contributed by atoms with E-state index in [4.69, 9.17) is 4.74 Å². The number of nitrogens with zero attached hydrogens (tertiary/aromatic N) is 1. The third-order valence-corrected chi connectivity index (χ3v) is 3.50. The summed E-state index contributed by atoms with van der Waals surface area (Å²) in [6.07, 6.45) is 0. The van der Waals surface area contributed by atoms with Crippen molar-refractivity contribution in [2.24, 2.45) is 0 Å². The van der Waals surface area contributed by atoms with E-state index in [1.54, 1.807) is 7.11 Å². The van der Waals surface area contributed by atoms with E-state index in [0.717, 1.165) is 25.4 Å². The molecule has 0 aromatic heterocycles. The molecule has 1 heterocycles. The van der Waals surface area contributed by atoms with Crippen LogP contribution >= 0.6 is 0 Å². The van der Waals surface area contributed by atoms with Crippen molar-refractivity contribution in [1.29, 1.82) is 0 Å². The zero-order chi connectivity index (χ0) is 13.1. The van der Waals surface area contributed by atoms with Gasteiger partial charge in [-0.15, -0.1) is 0 Å². The second kappa shape index (κ2) is 5.22. The number of fused-ring (bicyclic) bond motifs is 1. The molecule has 0 unspecified atom stereocenters. The monoisotopic (exact) mass is 254 g/mol. The van der Waals surface area contributed by atoms with E-state index in [-0.39, 0.29) is 0 Å². The Morgan fingerprint density at radius 3 is 2.79 bits per heavy atom. The van der Waals surface area contributed by atoms with Gasteiger partial charge in [-0.1, -0.05) is 30.3 Å². The topological polar surface area (TPSA) is 24.5 Å². The lowest BCUT2D eigenvalue weighted by molar-refractivity contribution is 0.409. The lowest BCUT2D eigenvalue weighted by Gasteiger charge is -2.32. The summed E-state index contributed by atoms with van der Waals surface area (Å²) < 4.78 is 5.43. The predicted octanol–water partition coefficient (Wildman–Crippen LogP) is 3.13. The molecule has 0 atom stereocenters. The second-order valence-corrected chi connectivity index (χ2v) is 4.68. The largest absolute Gasteiger partial charge is 0.496 e. The molecule has 0 radical (unpaired) electrons. The zero-order valence-electron chi connectivity index (χ0n) is 11.1. The Labute approximate surface area is 113 Å². The third kappa shape index (κ3) is 2.36. The highest BCUT2D eigenvalue weighted by atomic mass is 16.5. The molecule has 3 nitrogen and oxygen atoms in total. The van der Waals surface area contributed by atoms with Gasteiger partial charge in [0.15, 0.2) is 0 Å². The van der Waals surface area contributed by atoms with Crippen molar-refractivity contribution in [3.63, 3.8) is 0 Å². The molecular weight excluding hydrogens is 236 g/mol. The number of methoxy groups -OCH3 is 1.